The van der Waals surface area contributed by atoms with E-state index in [9.17, 15) is 13.2 Å². The smallest absolute Gasteiger partial charge is 0.153 e. The highest BCUT2D eigenvalue weighted by molar-refractivity contribution is 7.91. The SMILES string of the molecule is Cc1ccc(CC(=O)CC2CS(=O)(=O)CCN2)c(Cl)c1. The minimum absolute atomic E-state index is 0.00496. The van der Waals surface area contributed by atoms with Gasteiger partial charge >= 0.3 is 0 Å². The molecule has 1 aliphatic rings. The third-order valence-electron chi connectivity index (χ3n) is 3.37. The van der Waals surface area contributed by atoms with Crippen molar-refractivity contribution in [1.82, 2.24) is 5.32 Å². The average molecular weight is 316 g/mol. The van der Waals surface area contributed by atoms with Crippen LogP contribution in [0.4, 0.5) is 0 Å². The standard InChI is InChI=1S/C14H18ClNO3S/c1-10-2-3-11(14(15)6-10)7-13(17)8-12-9-20(18,19)5-4-16-12/h2-3,6,12,16H,4-5,7-9H2,1H3. The summed E-state index contributed by atoms with van der Waals surface area (Å²) in [6.45, 7) is 2.36. The number of aryl methyl sites for hydroxylation is 1. The third-order valence-corrected chi connectivity index (χ3v) is 5.46. The lowest BCUT2D eigenvalue weighted by Gasteiger charge is -2.23. The predicted molar refractivity (Wildman–Crippen MR) is 80.0 cm³/mol. The second-order valence-corrected chi connectivity index (χ2v) is 7.92. The highest BCUT2D eigenvalue weighted by Gasteiger charge is 2.26. The number of rotatable bonds is 4. The van der Waals surface area contributed by atoms with Gasteiger partial charge in [0.2, 0.25) is 0 Å². The third kappa shape index (κ3) is 4.30. The van der Waals surface area contributed by atoms with Gasteiger partial charge in [-0.1, -0.05) is 23.7 Å². The Labute approximate surface area is 124 Å². The van der Waals surface area contributed by atoms with E-state index in [0.29, 0.717) is 11.6 Å². The van der Waals surface area contributed by atoms with Crippen LogP contribution in [0.3, 0.4) is 0 Å². The summed E-state index contributed by atoms with van der Waals surface area (Å²) in [7, 11) is -3.00. The first kappa shape index (κ1) is 15.5. The van der Waals surface area contributed by atoms with Gasteiger partial charge < -0.3 is 5.32 Å². The van der Waals surface area contributed by atoms with Crippen LogP contribution in [-0.2, 0) is 21.1 Å². The maximum absolute atomic E-state index is 12.0. The minimum Gasteiger partial charge on any atom is -0.312 e. The van der Waals surface area contributed by atoms with Crippen molar-refractivity contribution in [3.8, 4) is 0 Å². The van der Waals surface area contributed by atoms with Crippen LogP contribution in [0.5, 0.6) is 0 Å². The van der Waals surface area contributed by atoms with E-state index in [-0.39, 0.29) is 36.2 Å². The molecule has 4 nitrogen and oxygen atoms in total. The van der Waals surface area contributed by atoms with Gasteiger partial charge in [-0.2, -0.15) is 0 Å². The molecule has 0 aromatic heterocycles. The number of Topliss-reactive ketones (excluding diaryl/α,β-unsaturated/α-hetero) is 1. The highest BCUT2D eigenvalue weighted by Crippen LogP contribution is 2.19. The van der Waals surface area contributed by atoms with Gasteiger partial charge in [-0.25, -0.2) is 8.42 Å². The van der Waals surface area contributed by atoms with Crippen LogP contribution in [0.15, 0.2) is 18.2 Å². The quantitative estimate of drug-likeness (QED) is 0.915. The number of ketones is 1. The van der Waals surface area contributed by atoms with Gasteiger partial charge in [0.1, 0.15) is 5.78 Å². The van der Waals surface area contributed by atoms with Gasteiger partial charge in [0.15, 0.2) is 9.84 Å². The molecule has 0 radical (unpaired) electrons. The molecule has 0 aliphatic carbocycles. The number of carbonyl (C=O) groups is 1. The molecule has 1 fully saturated rings. The molecule has 0 amide bonds. The molecular weight excluding hydrogens is 298 g/mol. The summed E-state index contributed by atoms with van der Waals surface area (Å²) in [6.07, 6.45) is 0.473. The molecule has 1 aliphatic heterocycles. The Bertz CT molecular complexity index is 613. The van der Waals surface area contributed by atoms with Gasteiger partial charge in [0.05, 0.1) is 11.5 Å². The lowest BCUT2D eigenvalue weighted by atomic mass is 10.0. The van der Waals surface area contributed by atoms with Crippen molar-refractivity contribution in [1.29, 1.82) is 0 Å². The minimum atomic E-state index is -3.00. The second-order valence-electron chi connectivity index (χ2n) is 5.28. The van der Waals surface area contributed by atoms with Crippen molar-refractivity contribution in [3.63, 3.8) is 0 Å². The van der Waals surface area contributed by atoms with Crippen molar-refractivity contribution >= 4 is 27.2 Å². The monoisotopic (exact) mass is 315 g/mol. The van der Waals surface area contributed by atoms with E-state index in [1.165, 1.54) is 0 Å². The summed E-state index contributed by atoms with van der Waals surface area (Å²) in [5.74, 6) is 0.201. The van der Waals surface area contributed by atoms with Crippen molar-refractivity contribution in [2.24, 2.45) is 0 Å². The van der Waals surface area contributed by atoms with Crippen LogP contribution in [0.2, 0.25) is 5.02 Å². The Kier molecular flexibility index (Phi) is 4.83. The van der Waals surface area contributed by atoms with Crippen LogP contribution < -0.4 is 5.32 Å². The first-order valence-electron chi connectivity index (χ1n) is 6.56. The van der Waals surface area contributed by atoms with Gasteiger partial charge in [0.25, 0.3) is 0 Å². The zero-order valence-corrected chi connectivity index (χ0v) is 12.9. The lowest BCUT2D eigenvalue weighted by Crippen LogP contribution is -2.46. The van der Waals surface area contributed by atoms with Crippen molar-refractivity contribution in [2.45, 2.75) is 25.8 Å². The summed E-state index contributed by atoms with van der Waals surface area (Å²) in [5, 5.41) is 3.67. The van der Waals surface area contributed by atoms with Gasteiger partial charge in [-0.3, -0.25) is 4.79 Å². The average Bonchev–Trinajstić information content (AvgIpc) is 2.31. The lowest BCUT2D eigenvalue weighted by molar-refractivity contribution is -0.118. The molecule has 1 atom stereocenters. The Balaban J connectivity index is 1.95. The topological polar surface area (TPSA) is 63.2 Å². The van der Waals surface area contributed by atoms with E-state index in [4.69, 9.17) is 11.6 Å². The fourth-order valence-corrected chi connectivity index (χ4v) is 4.10. The van der Waals surface area contributed by atoms with Crippen LogP contribution in [-0.4, -0.2) is 38.3 Å². The van der Waals surface area contributed by atoms with Crippen molar-refractivity contribution < 1.29 is 13.2 Å². The van der Waals surface area contributed by atoms with Gasteiger partial charge in [-0.15, -0.1) is 0 Å². The summed E-state index contributed by atoms with van der Waals surface area (Å²) in [5.41, 5.74) is 1.84. The first-order chi connectivity index (χ1) is 9.35. The number of benzene rings is 1. The van der Waals surface area contributed by atoms with Gasteiger partial charge in [-0.05, 0) is 24.1 Å². The Morgan fingerprint density at radius 2 is 2.20 bits per heavy atom. The van der Waals surface area contributed by atoms with Crippen LogP contribution in [0, 0.1) is 6.92 Å². The number of hydrogen-bond donors (Lipinski definition) is 1. The zero-order chi connectivity index (χ0) is 14.8. The fraction of sp³-hybridized carbons (Fsp3) is 0.500. The van der Waals surface area contributed by atoms with E-state index < -0.39 is 9.84 Å². The fourth-order valence-electron chi connectivity index (χ4n) is 2.35. The molecule has 20 heavy (non-hydrogen) atoms. The molecule has 110 valence electrons. The largest absolute Gasteiger partial charge is 0.312 e. The molecular formula is C14H18ClNO3S. The highest BCUT2D eigenvalue weighted by atomic mass is 35.5. The van der Waals surface area contributed by atoms with Crippen LogP contribution in [0.25, 0.3) is 0 Å². The van der Waals surface area contributed by atoms with Crippen molar-refractivity contribution in [3.05, 3.63) is 34.3 Å². The molecule has 1 heterocycles. The normalized spacial score (nSPS) is 21.6. The Morgan fingerprint density at radius 1 is 1.45 bits per heavy atom. The van der Waals surface area contributed by atoms with E-state index in [1.807, 2.05) is 25.1 Å². The van der Waals surface area contributed by atoms with E-state index in [2.05, 4.69) is 5.32 Å². The number of hydrogen-bond acceptors (Lipinski definition) is 4. The number of halogens is 1. The van der Waals surface area contributed by atoms with Crippen LogP contribution >= 0.6 is 11.6 Å². The van der Waals surface area contributed by atoms with Gasteiger partial charge in [0, 0.05) is 30.5 Å². The predicted octanol–water partition coefficient (Wildman–Crippen LogP) is 1.54. The van der Waals surface area contributed by atoms with Crippen molar-refractivity contribution in [2.75, 3.05) is 18.1 Å². The molecule has 2 rings (SSSR count). The summed E-state index contributed by atoms with van der Waals surface area (Å²) >= 11 is 6.10. The first-order valence-corrected chi connectivity index (χ1v) is 8.76. The van der Waals surface area contributed by atoms with E-state index in [0.717, 1.165) is 11.1 Å². The summed E-state index contributed by atoms with van der Waals surface area (Å²) < 4.78 is 23.0. The maximum atomic E-state index is 12.0. The molecule has 0 spiro atoms. The molecule has 1 aromatic rings. The second kappa shape index (κ2) is 6.24. The zero-order valence-electron chi connectivity index (χ0n) is 11.4. The molecule has 0 bridgehead atoms. The van der Waals surface area contributed by atoms with E-state index >= 15 is 0 Å². The van der Waals surface area contributed by atoms with E-state index in [1.54, 1.807) is 0 Å². The Morgan fingerprint density at radius 3 is 2.85 bits per heavy atom. The molecule has 6 heteroatoms. The molecule has 1 N–H and O–H groups in total. The number of nitrogens with one attached hydrogen (secondary N) is 1. The number of sulfone groups is 1. The molecule has 1 aromatic carbocycles. The summed E-state index contributed by atoms with van der Waals surface area (Å²) in [4.78, 5) is 12.0. The molecule has 1 saturated heterocycles. The maximum Gasteiger partial charge on any atom is 0.153 e. The Hall–Kier alpha value is -0.910. The van der Waals surface area contributed by atoms with Crippen LogP contribution in [0.1, 0.15) is 17.5 Å². The molecule has 1 unspecified atom stereocenters. The molecule has 0 saturated carbocycles. The number of carbonyl (C=O) groups excluding carboxylic acids is 1. The summed E-state index contributed by atoms with van der Waals surface area (Å²) in [6, 6.07) is 5.32.